The summed E-state index contributed by atoms with van der Waals surface area (Å²) in [6, 6.07) is 17.5. The molecule has 1 amide bonds. The van der Waals surface area contributed by atoms with Gasteiger partial charge < -0.3 is 10.1 Å². The minimum atomic E-state index is -0.102. The van der Waals surface area contributed by atoms with Gasteiger partial charge in [0.25, 0.3) is 5.91 Å². The monoisotopic (exact) mass is 391 g/mol. The zero-order valence-corrected chi connectivity index (χ0v) is 17.8. The number of ether oxygens (including phenoxy) is 1. The van der Waals surface area contributed by atoms with Crippen molar-refractivity contribution in [3.63, 3.8) is 0 Å². The first-order chi connectivity index (χ1) is 13.8. The van der Waals surface area contributed by atoms with E-state index < -0.39 is 0 Å². The van der Waals surface area contributed by atoms with E-state index in [-0.39, 0.29) is 18.1 Å². The summed E-state index contributed by atoms with van der Waals surface area (Å²) in [4.78, 5) is 12.8. The van der Waals surface area contributed by atoms with Gasteiger partial charge >= 0.3 is 0 Å². The second kappa shape index (κ2) is 8.95. The molecule has 1 N–H and O–H groups in total. The lowest BCUT2D eigenvalue weighted by Crippen LogP contribution is -2.26. The maximum absolute atomic E-state index is 12.8. The normalized spacial score (nSPS) is 12.1. The van der Waals surface area contributed by atoms with Crippen molar-refractivity contribution in [1.29, 1.82) is 0 Å². The standard InChI is InChI=1S/C24H29N3O2/c1-16(2)29-23-11-9-21(10-12-23)19(5)25-24(28)22-8-6-7-20(14-22)15-27-18(4)13-17(3)26-27/h6-14,16,19H,15H2,1-5H3,(H,25,28). The molecule has 0 spiro atoms. The van der Waals surface area contributed by atoms with Crippen LogP contribution in [0.3, 0.4) is 0 Å². The number of rotatable bonds is 7. The Kier molecular flexibility index (Phi) is 6.37. The van der Waals surface area contributed by atoms with Gasteiger partial charge in [-0.05, 0) is 76.1 Å². The number of carbonyl (C=O) groups excluding carboxylic acids is 1. The molecule has 1 atom stereocenters. The Hall–Kier alpha value is -3.08. The van der Waals surface area contributed by atoms with Gasteiger partial charge in [-0.25, -0.2) is 0 Å². The first kappa shape index (κ1) is 20.6. The minimum Gasteiger partial charge on any atom is -0.491 e. The Bertz CT molecular complexity index is 974. The van der Waals surface area contributed by atoms with Crippen LogP contribution in [0.5, 0.6) is 5.75 Å². The maximum Gasteiger partial charge on any atom is 0.251 e. The number of nitrogens with one attached hydrogen (secondary N) is 1. The molecule has 5 nitrogen and oxygen atoms in total. The molecule has 0 fully saturated rings. The third-order valence-electron chi connectivity index (χ3n) is 4.72. The number of aromatic nitrogens is 2. The smallest absolute Gasteiger partial charge is 0.251 e. The molecule has 0 saturated carbocycles. The van der Waals surface area contributed by atoms with Crippen LogP contribution in [-0.4, -0.2) is 21.8 Å². The number of hydrogen-bond acceptors (Lipinski definition) is 3. The molecule has 3 aromatic rings. The average molecular weight is 392 g/mol. The highest BCUT2D eigenvalue weighted by atomic mass is 16.5. The fourth-order valence-corrected chi connectivity index (χ4v) is 3.29. The topological polar surface area (TPSA) is 56.2 Å². The third-order valence-corrected chi connectivity index (χ3v) is 4.72. The van der Waals surface area contributed by atoms with Crippen LogP contribution >= 0.6 is 0 Å². The predicted octanol–water partition coefficient (Wildman–Crippen LogP) is 4.83. The maximum atomic E-state index is 12.8. The average Bonchev–Trinajstić information content (AvgIpc) is 2.98. The fourth-order valence-electron chi connectivity index (χ4n) is 3.29. The number of amides is 1. The summed E-state index contributed by atoms with van der Waals surface area (Å²) < 4.78 is 7.63. The second-order valence-electron chi connectivity index (χ2n) is 7.72. The van der Waals surface area contributed by atoms with Gasteiger partial charge in [-0.2, -0.15) is 5.10 Å². The van der Waals surface area contributed by atoms with Crippen LogP contribution in [-0.2, 0) is 6.54 Å². The number of aryl methyl sites for hydroxylation is 2. The summed E-state index contributed by atoms with van der Waals surface area (Å²) in [5.41, 5.74) is 4.83. The SMILES string of the molecule is Cc1cc(C)n(Cc2cccc(C(=O)NC(C)c3ccc(OC(C)C)cc3)c2)n1. The Morgan fingerprint density at radius 1 is 1.07 bits per heavy atom. The fraction of sp³-hybridized carbons (Fsp3) is 0.333. The van der Waals surface area contributed by atoms with E-state index in [0.29, 0.717) is 12.1 Å². The van der Waals surface area contributed by atoms with E-state index in [1.54, 1.807) is 0 Å². The van der Waals surface area contributed by atoms with E-state index in [2.05, 4.69) is 16.5 Å². The molecular formula is C24H29N3O2. The molecule has 29 heavy (non-hydrogen) atoms. The molecule has 0 aliphatic carbocycles. The quantitative estimate of drug-likeness (QED) is 0.628. The van der Waals surface area contributed by atoms with Gasteiger partial charge in [-0.3, -0.25) is 9.48 Å². The van der Waals surface area contributed by atoms with E-state index in [1.807, 2.05) is 87.8 Å². The molecular weight excluding hydrogens is 362 g/mol. The van der Waals surface area contributed by atoms with E-state index in [0.717, 1.165) is 28.3 Å². The van der Waals surface area contributed by atoms with Crippen molar-refractivity contribution in [1.82, 2.24) is 15.1 Å². The highest BCUT2D eigenvalue weighted by molar-refractivity contribution is 5.94. The lowest BCUT2D eigenvalue weighted by Gasteiger charge is -2.16. The molecule has 0 radical (unpaired) electrons. The lowest BCUT2D eigenvalue weighted by atomic mass is 10.1. The summed E-state index contributed by atoms with van der Waals surface area (Å²) in [5, 5.41) is 7.58. The minimum absolute atomic E-state index is 0.0878. The van der Waals surface area contributed by atoms with E-state index in [4.69, 9.17) is 4.74 Å². The Balaban J connectivity index is 1.66. The van der Waals surface area contributed by atoms with Crippen molar-refractivity contribution >= 4 is 5.91 Å². The second-order valence-corrected chi connectivity index (χ2v) is 7.72. The van der Waals surface area contributed by atoms with Crippen molar-refractivity contribution in [2.75, 3.05) is 0 Å². The van der Waals surface area contributed by atoms with Gasteiger partial charge in [0, 0.05) is 11.3 Å². The molecule has 1 unspecified atom stereocenters. The highest BCUT2D eigenvalue weighted by Gasteiger charge is 2.13. The lowest BCUT2D eigenvalue weighted by molar-refractivity contribution is 0.0939. The number of hydrogen-bond donors (Lipinski definition) is 1. The van der Waals surface area contributed by atoms with Crippen LogP contribution in [0.2, 0.25) is 0 Å². The zero-order valence-electron chi connectivity index (χ0n) is 17.8. The predicted molar refractivity (Wildman–Crippen MR) is 115 cm³/mol. The van der Waals surface area contributed by atoms with Crippen LogP contribution in [0.25, 0.3) is 0 Å². The van der Waals surface area contributed by atoms with Crippen molar-refractivity contribution in [3.8, 4) is 5.75 Å². The van der Waals surface area contributed by atoms with Gasteiger partial charge in [0.15, 0.2) is 0 Å². The summed E-state index contributed by atoms with van der Waals surface area (Å²) >= 11 is 0. The third kappa shape index (κ3) is 5.47. The van der Waals surface area contributed by atoms with Crippen LogP contribution in [0.1, 0.15) is 59.7 Å². The van der Waals surface area contributed by atoms with E-state index in [9.17, 15) is 4.79 Å². The first-order valence-corrected chi connectivity index (χ1v) is 9.99. The zero-order chi connectivity index (χ0) is 21.0. The molecule has 2 aromatic carbocycles. The van der Waals surface area contributed by atoms with Crippen LogP contribution < -0.4 is 10.1 Å². The summed E-state index contributed by atoms with van der Waals surface area (Å²) in [6.45, 7) is 10.6. The van der Waals surface area contributed by atoms with E-state index in [1.165, 1.54) is 0 Å². The first-order valence-electron chi connectivity index (χ1n) is 9.99. The highest BCUT2D eigenvalue weighted by Crippen LogP contribution is 2.19. The Morgan fingerprint density at radius 2 is 1.79 bits per heavy atom. The van der Waals surface area contributed by atoms with Crippen molar-refractivity contribution < 1.29 is 9.53 Å². The Morgan fingerprint density at radius 3 is 2.41 bits per heavy atom. The van der Waals surface area contributed by atoms with Crippen LogP contribution in [0, 0.1) is 13.8 Å². The molecule has 1 heterocycles. The number of nitrogens with zero attached hydrogens (tertiary/aromatic N) is 2. The van der Waals surface area contributed by atoms with Crippen molar-refractivity contribution in [2.24, 2.45) is 0 Å². The van der Waals surface area contributed by atoms with Crippen LogP contribution in [0.4, 0.5) is 0 Å². The van der Waals surface area contributed by atoms with Gasteiger partial charge in [-0.15, -0.1) is 0 Å². The van der Waals surface area contributed by atoms with Crippen LogP contribution in [0.15, 0.2) is 54.6 Å². The molecule has 5 heteroatoms. The largest absolute Gasteiger partial charge is 0.491 e. The molecule has 1 aromatic heterocycles. The molecule has 0 saturated heterocycles. The summed E-state index contributed by atoms with van der Waals surface area (Å²) in [6.07, 6.45) is 0.139. The molecule has 3 rings (SSSR count). The summed E-state index contributed by atoms with van der Waals surface area (Å²) in [5.74, 6) is 0.745. The van der Waals surface area contributed by atoms with Gasteiger partial charge in [-0.1, -0.05) is 24.3 Å². The van der Waals surface area contributed by atoms with Crippen molar-refractivity contribution in [3.05, 3.63) is 82.7 Å². The van der Waals surface area contributed by atoms with E-state index >= 15 is 0 Å². The number of carbonyl (C=O) groups is 1. The van der Waals surface area contributed by atoms with Gasteiger partial charge in [0.2, 0.25) is 0 Å². The number of benzene rings is 2. The van der Waals surface area contributed by atoms with Gasteiger partial charge in [0.1, 0.15) is 5.75 Å². The molecule has 152 valence electrons. The molecule has 0 aliphatic heterocycles. The molecule has 0 aliphatic rings. The Labute approximate surface area is 172 Å². The summed E-state index contributed by atoms with van der Waals surface area (Å²) in [7, 11) is 0. The molecule has 0 bridgehead atoms. The van der Waals surface area contributed by atoms with Crippen molar-refractivity contribution in [2.45, 2.75) is 53.3 Å². The van der Waals surface area contributed by atoms with Gasteiger partial charge in [0.05, 0.1) is 24.4 Å².